The lowest BCUT2D eigenvalue weighted by Gasteiger charge is -2.35. The Kier molecular flexibility index (Phi) is 3.44. The van der Waals surface area contributed by atoms with Crippen molar-refractivity contribution in [3.05, 3.63) is 10.7 Å². The summed E-state index contributed by atoms with van der Waals surface area (Å²) in [5.74, 6) is -2.88. The van der Waals surface area contributed by atoms with Gasteiger partial charge in [-0.25, -0.2) is 4.79 Å². The lowest BCUT2D eigenvalue weighted by Crippen LogP contribution is -2.49. The fourth-order valence-corrected chi connectivity index (χ4v) is 3.75. The van der Waals surface area contributed by atoms with E-state index in [0.717, 1.165) is 0 Å². The van der Waals surface area contributed by atoms with Gasteiger partial charge in [0.15, 0.2) is 11.2 Å². The molecular weight excluding hydrogens is 309 g/mol. The fourth-order valence-electron chi connectivity index (χ4n) is 3.00. The fraction of sp³-hybridized carbons (Fsp3) is 0.667. The minimum atomic E-state index is -1.44. The number of rotatable bonds is 2. The first kappa shape index (κ1) is 14.1. The molecule has 1 spiro atoms. The second kappa shape index (κ2) is 4.87. The van der Waals surface area contributed by atoms with E-state index in [2.05, 4.69) is 0 Å². The van der Waals surface area contributed by atoms with Crippen LogP contribution in [0.25, 0.3) is 0 Å². The molecule has 3 aliphatic rings. The first-order valence-corrected chi connectivity index (χ1v) is 7.16. The number of allylic oxidation sites excluding steroid dienone is 1. The van der Waals surface area contributed by atoms with Crippen molar-refractivity contribution in [2.45, 2.75) is 30.0 Å². The molecule has 2 aliphatic heterocycles. The van der Waals surface area contributed by atoms with E-state index in [1.165, 1.54) is 0 Å². The zero-order valence-corrected chi connectivity index (χ0v) is 12.0. The smallest absolute Gasteiger partial charge is 0.326 e. The Labute approximate surface area is 125 Å². The van der Waals surface area contributed by atoms with Gasteiger partial charge in [-0.2, -0.15) is 0 Å². The number of alkyl halides is 1. The van der Waals surface area contributed by atoms with E-state index in [-0.39, 0.29) is 23.9 Å². The molecule has 6 nitrogen and oxygen atoms in total. The van der Waals surface area contributed by atoms with Crippen LogP contribution in [0.5, 0.6) is 0 Å². The van der Waals surface area contributed by atoms with Crippen molar-refractivity contribution in [3.63, 3.8) is 0 Å². The van der Waals surface area contributed by atoms with Gasteiger partial charge in [0.2, 0.25) is 5.79 Å². The Bertz CT molecular complexity index is 500. The number of likely N-dealkylation sites (tertiary alicyclic amines) is 1. The monoisotopic (exact) mass is 321 g/mol. The lowest BCUT2D eigenvalue weighted by molar-refractivity contribution is -0.151. The number of carbonyl (C=O) groups is 2. The summed E-state index contributed by atoms with van der Waals surface area (Å²) < 4.78 is 11.1. The Morgan fingerprint density at radius 2 is 2.05 bits per heavy atom. The molecule has 110 valence electrons. The van der Waals surface area contributed by atoms with Gasteiger partial charge in [0.1, 0.15) is 11.1 Å². The summed E-state index contributed by atoms with van der Waals surface area (Å²) in [6.45, 7) is 1.05. The van der Waals surface area contributed by atoms with E-state index in [1.807, 2.05) is 0 Å². The molecule has 8 heteroatoms. The number of ketones is 1. The number of carboxylic acids is 1. The molecule has 0 radical (unpaired) electrons. The van der Waals surface area contributed by atoms with Crippen molar-refractivity contribution in [1.82, 2.24) is 4.90 Å². The Morgan fingerprint density at radius 3 is 2.65 bits per heavy atom. The average molecular weight is 322 g/mol. The van der Waals surface area contributed by atoms with Gasteiger partial charge in [0, 0.05) is 6.54 Å². The van der Waals surface area contributed by atoms with Crippen LogP contribution in [0.2, 0.25) is 0 Å². The molecule has 20 heavy (non-hydrogen) atoms. The molecule has 1 N–H and O–H groups in total. The van der Waals surface area contributed by atoms with Crippen molar-refractivity contribution >= 4 is 35.0 Å². The Morgan fingerprint density at radius 1 is 1.40 bits per heavy atom. The predicted molar refractivity (Wildman–Crippen MR) is 69.5 cm³/mol. The molecule has 0 aromatic heterocycles. The molecule has 1 aliphatic carbocycles. The van der Waals surface area contributed by atoms with Crippen LogP contribution in [0.1, 0.15) is 12.8 Å². The maximum Gasteiger partial charge on any atom is 0.326 e. The highest BCUT2D eigenvalue weighted by molar-refractivity contribution is 6.50. The highest BCUT2D eigenvalue weighted by Gasteiger charge is 2.60. The highest BCUT2D eigenvalue weighted by Crippen LogP contribution is 2.47. The lowest BCUT2D eigenvalue weighted by atomic mass is 10.1. The van der Waals surface area contributed by atoms with Crippen molar-refractivity contribution in [2.24, 2.45) is 0 Å². The van der Waals surface area contributed by atoms with E-state index < -0.39 is 29.0 Å². The molecule has 0 aromatic carbocycles. The van der Waals surface area contributed by atoms with Crippen LogP contribution in [0.15, 0.2) is 10.7 Å². The molecule has 2 saturated heterocycles. The number of nitrogens with zero attached hydrogens (tertiary/aromatic N) is 1. The first-order chi connectivity index (χ1) is 9.49. The van der Waals surface area contributed by atoms with Crippen molar-refractivity contribution < 1.29 is 24.2 Å². The number of hydrogen-bond acceptors (Lipinski definition) is 5. The summed E-state index contributed by atoms with van der Waals surface area (Å²) in [5.41, 5.74) is 0.270. The average Bonchev–Trinajstić information content (AvgIpc) is 3.09. The minimum absolute atomic E-state index is 0.0833. The Hall–Kier alpha value is -0.820. The van der Waals surface area contributed by atoms with E-state index in [1.54, 1.807) is 4.90 Å². The summed E-state index contributed by atoms with van der Waals surface area (Å²) in [7, 11) is 0. The predicted octanol–water partition coefficient (Wildman–Crippen LogP) is 0.919. The maximum atomic E-state index is 12.1. The third-order valence-corrected chi connectivity index (χ3v) is 4.71. The zero-order chi connectivity index (χ0) is 14.5. The highest BCUT2D eigenvalue weighted by atomic mass is 35.5. The van der Waals surface area contributed by atoms with Gasteiger partial charge in [0.05, 0.1) is 18.9 Å². The summed E-state index contributed by atoms with van der Waals surface area (Å²) >= 11 is 12.2. The van der Waals surface area contributed by atoms with Crippen LogP contribution in [-0.2, 0) is 19.1 Å². The minimum Gasteiger partial charge on any atom is -0.480 e. The van der Waals surface area contributed by atoms with Gasteiger partial charge in [-0.3, -0.25) is 4.79 Å². The van der Waals surface area contributed by atoms with Crippen LogP contribution >= 0.6 is 23.2 Å². The molecule has 0 amide bonds. The first-order valence-electron chi connectivity index (χ1n) is 6.35. The molecule has 2 fully saturated rings. The summed E-state index contributed by atoms with van der Waals surface area (Å²) in [6, 6.07) is -0.738. The van der Waals surface area contributed by atoms with E-state index >= 15 is 0 Å². The normalized spacial score (nSPS) is 32.7. The van der Waals surface area contributed by atoms with Gasteiger partial charge < -0.3 is 19.5 Å². The molecule has 0 aromatic rings. The molecular formula is C12H13Cl2NO5. The SMILES string of the molecule is O=C1C(Cl)=C(N2CCC[C@H]2C(=O)O)C2(OCCO2)C1Cl. The molecule has 1 unspecified atom stereocenters. The zero-order valence-electron chi connectivity index (χ0n) is 10.5. The molecule has 3 rings (SSSR count). The molecule has 2 heterocycles. The number of Topliss-reactive ketones (excluding diaryl/α,β-unsaturated/α-hetero) is 1. The van der Waals surface area contributed by atoms with Gasteiger partial charge in [-0.05, 0) is 12.8 Å². The summed E-state index contributed by atoms with van der Waals surface area (Å²) in [4.78, 5) is 25.0. The number of hydrogen-bond donors (Lipinski definition) is 1. The van der Waals surface area contributed by atoms with E-state index in [0.29, 0.717) is 19.4 Å². The van der Waals surface area contributed by atoms with Crippen molar-refractivity contribution in [3.8, 4) is 0 Å². The topological polar surface area (TPSA) is 76.1 Å². The van der Waals surface area contributed by atoms with Gasteiger partial charge in [0.25, 0.3) is 0 Å². The quantitative estimate of drug-likeness (QED) is 0.762. The van der Waals surface area contributed by atoms with Crippen LogP contribution in [0.4, 0.5) is 0 Å². The van der Waals surface area contributed by atoms with E-state index in [9.17, 15) is 14.7 Å². The maximum absolute atomic E-state index is 12.1. The number of carbonyl (C=O) groups excluding carboxylic acids is 1. The van der Waals surface area contributed by atoms with Crippen molar-refractivity contribution in [1.29, 1.82) is 0 Å². The van der Waals surface area contributed by atoms with Gasteiger partial charge >= 0.3 is 5.97 Å². The standard InChI is InChI=1S/C12H13Cl2NO5/c13-7-8(16)9(14)12(19-4-5-20-12)10(7)15-3-1-2-6(15)11(17)18/h6,9H,1-5H2,(H,17,18)/t6-,9?/m0/s1. The summed E-state index contributed by atoms with van der Waals surface area (Å²) in [6.07, 6.45) is 1.18. The van der Waals surface area contributed by atoms with E-state index in [4.69, 9.17) is 32.7 Å². The van der Waals surface area contributed by atoms with Gasteiger partial charge in [-0.15, -0.1) is 11.6 Å². The third kappa shape index (κ3) is 1.79. The largest absolute Gasteiger partial charge is 0.480 e. The molecule has 0 bridgehead atoms. The number of ether oxygens (including phenoxy) is 2. The number of aliphatic carboxylic acids is 1. The van der Waals surface area contributed by atoms with Crippen LogP contribution < -0.4 is 0 Å². The second-order valence-corrected chi connectivity index (χ2v) is 5.76. The van der Waals surface area contributed by atoms with Gasteiger partial charge in [-0.1, -0.05) is 11.6 Å². The van der Waals surface area contributed by atoms with Crippen LogP contribution in [0, 0.1) is 0 Å². The Balaban J connectivity index is 2.05. The second-order valence-electron chi connectivity index (χ2n) is 4.94. The summed E-state index contributed by atoms with van der Waals surface area (Å²) in [5, 5.41) is 8.12. The number of halogens is 2. The number of carboxylic acid groups (broad SMARTS) is 1. The van der Waals surface area contributed by atoms with Crippen LogP contribution in [0.3, 0.4) is 0 Å². The molecule has 0 saturated carbocycles. The third-order valence-electron chi connectivity index (χ3n) is 3.86. The molecule has 2 atom stereocenters. The van der Waals surface area contributed by atoms with Crippen molar-refractivity contribution in [2.75, 3.05) is 19.8 Å². The van der Waals surface area contributed by atoms with Crippen LogP contribution in [-0.4, -0.2) is 58.7 Å².